The third-order valence-electron chi connectivity index (χ3n) is 3.64. The van der Waals surface area contributed by atoms with Crippen molar-refractivity contribution in [3.05, 3.63) is 59.8 Å². The molecule has 3 heteroatoms. The summed E-state index contributed by atoms with van der Waals surface area (Å²) in [7, 11) is 0. The molecule has 21 heavy (non-hydrogen) atoms. The third kappa shape index (κ3) is 2.83. The van der Waals surface area contributed by atoms with E-state index in [4.69, 9.17) is 0 Å². The Morgan fingerprint density at radius 3 is 2.76 bits per heavy atom. The van der Waals surface area contributed by atoms with E-state index in [2.05, 4.69) is 67.6 Å². The van der Waals surface area contributed by atoms with E-state index in [-0.39, 0.29) is 0 Å². The predicted octanol–water partition coefficient (Wildman–Crippen LogP) is 3.83. The van der Waals surface area contributed by atoms with Gasteiger partial charge in [0.15, 0.2) is 0 Å². The first-order chi connectivity index (χ1) is 10.1. The second-order valence-electron chi connectivity index (χ2n) is 5.78. The highest BCUT2D eigenvalue weighted by Gasteiger charge is 2.09. The Morgan fingerprint density at radius 2 is 1.95 bits per heavy atom. The smallest absolute Gasteiger partial charge is 0.0741 e. The zero-order chi connectivity index (χ0) is 14.8. The Labute approximate surface area is 125 Å². The van der Waals surface area contributed by atoms with Gasteiger partial charge in [0, 0.05) is 18.0 Å². The summed E-state index contributed by atoms with van der Waals surface area (Å²) in [5.74, 6) is 0. The Kier molecular flexibility index (Phi) is 3.76. The molecule has 0 bridgehead atoms. The largest absolute Gasteiger partial charge is 0.310 e. The first kappa shape index (κ1) is 13.8. The van der Waals surface area contributed by atoms with Gasteiger partial charge in [-0.1, -0.05) is 49.7 Å². The van der Waals surface area contributed by atoms with Crippen LogP contribution in [-0.4, -0.2) is 15.8 Å². The molecule has 3 nitrogen and oxygen atoms in total. The zero-order valence-corrected chi connectivity index (χ0v) is 12.8. The maximum absolute atomic E-state index is 4.57. The zero-order valence-electron chi connectivity index (χ0n) is 12.8. The van der Waals surface area contributed by atoms with Crippen LogP contribution in [-0.2, 0) is 6.54 Å². The first-order valence-corrected chi connectivity index (χ1v) is 7.41. The normalized spacial score (nSPS) is 11.4. The Morgan fingerprint density at radius 1 is 1.14 bits per heavy atom. The van der Waals surface area contributed by atoms with E-state index in [0.717, 1.165) is 17.7 Å². The lowest BCUT2D eigenvalue weighted by Gasteiger charge is -2.14. The molecule has 108 valence electrons. The van der Waals surface area contributed by atoms with Gasteiger partial charge in [-0.25, -0.2) is 4.68 Å². The van der Waals surface area contributed by atoms with E-state index in [1.54, 1.807) is 0 Å². The summed E-state index contributed by atoms with van der Waals surface area (Å²) >= 11 is 0. The summed E-state index contributed by atoms with van der Waals surface area (Å²) in [6, 6.07) is 15.3. The van der Waals surface area contributed by atoms with Gasteiger partial charge >= 0.3 is 0 Å². The third-order valence-corrected chi connectivity index (χ3v) is 3.64. The first-order valence-electron chi connectivity index (χ1n) is 7.41. The summed E-state index contributed by atoms with van der Waals surface area (Å²) in [6.45, 7) is 7.31. The van der Waals surface area contributed by atoms with E-state index in [1.165, 1.54) is 16.5 Å². The average Bonchev–Trinajstić information content (AvgIpc) is 2.89. The molecule has 0 fully saturated rings. The number of fused-ring (bicyclic) bond motifs is 1. The molecule has 0 radical (unpaired) electrons. The van der Waals surface area contributed by atoms with Gasteiger partial charge in [-0.15, -0.1) is 0 Å². The minimum absolute atomic E-state index is 0.465. The molecule has 0 aliphatic carbocycles. The van der Waals surface area contributed by atoms with Crippen molar-refractivity contribution in [3.8, 4) is 5.69 Å². The SMILES string of the molecule is Cc1ccc(-n2ncc3ccccc32)c(CNC(C)C)c1. The van der Waals surface area contributed by atoms with Crippen LogP contribution in [0.5, 0.6) is 0 Å². The summed E-state index contributed by atoms with van der Waals surface area (Å²) in [6.07, 6.45) is 1.93. The van der Waals surface area contributed by atoms with Crippen LogP contribution in [0.25, 0.3) is 16.6 Å². The number of aromatic nitrogens is 2. The Hall–Kier alpha value is -2.13. The molecule has 1 N–H and O–H groups in total. The van der Waals surface area contributed by atoms with Crippen molar-refractivity contribution >= 4 is 10.9 Å². The number of hydrogen-bond acceptors (Lipinski definition) is 2. The number of rotatable bonds is 4. The number of benzene rings is 2. The standard InChI is InChI=1S/C18H21N3/c1-13(2)19-11-16-10-14(3)8-9-18(16)21-17-7-5-4-6-15(17)12-20-21/h4-10,12-13,19H,11H2,1-3H3. The number of para-hydroxylation sites is 1. The lowest BCUT2D eigenvalue weighted by atomic mass is 10.1. The summed E-state index contributed by atoms with van der Waals surface area (Å²) in [5, 5.41) is 9.24. The fourth-order valence-electron chi connectivity index (χ4n) is 2.54. The van der Waals surface area contributed by atoms with Gasteiger partial charge in [0.2, 0.25) is 0 Å². The van der Waals surface area contributed by atoms with Gasteiger partial charge in [0.25, 0.3) is 0 Å². The van der Waals surface area contributed by atoms with E-state index in [9.17, 15) is 0 Å². The summed E-state index contributed by atoms with van der Waals surface area (Å²) in [4.78, 5) is 0. The summed E-state index contributed by atoms with van der Waals surface area (Å²) < 4.78 is 2.03. The second-order valence-corrected chi connectivity index (χ2v) is 5.78. The number of hydrogen-bond donors (Lipinski definition) is 1. The molecule has 0 saturated carbocycles. The topological polar surface area (TPSA) is 29.9 Å². The molecule has 3 rings (SSSR count). The van der Waals surface area contributed by atoms with Crippen LogP contribution in [0.3, 0.4) is 0 Å². The fraction of sp³-hybridized carbons (Fsp3) is 0.278. The van der Waals surface area contributed by atoms with Gasteiger partial charge in [-0.2, -0.15) is 5.10 Å². The molecule has 0 saturated heterocycles. The van der Waals surface area contributed by atoms with Crippen molar-refractivity contribution in [2.75, 3.05) is 0 Å². The molecule has 0 spiro atoms. The molecule has 0 aliphatic heterocycles. The quantitative estimate of drug-likeness (QED) is 0.786. The molecule has 0 aliphatic rings. The minimum atomic E-state index is 0.465. The fourth-order valence-corrected chi connectivity index (χ4v) is 2.54. The van der Waals surface area contributed by atoms with Crippen LogP contribution in [0.4, 0.5) is 0 Å². The maximum Gasteiger partial charge on any atom is 0.0741 e. The van der Waals surface area contributed by atoms with Crippen molar-refractivity contribution in [1.29, 1.82) is 0 Å². The van der Waals surface area contributed by atoms with Crippen LogP contribution in [0.1, 0.15) is 25.0 Å². The second kappa shape index (κ2) is 5.70. The van der Waals surface area contributed by atoms with Crippen LogP contribution >= 0.6 is 0 Å². The maximum atomic E-state index is 4.57. The Balaban J connectivity index is 2.09. The number of nitrogens with zero attached hydrogens (tertiary/aromatic N) is 2. The number of nitrogens with one attached hydrogen (secondary N) is 1. The molecule has 1 heterocycles. The lowest BCUT2D eigenvalue weighted by Crippen LogP contribution is -2.22. The molecule has 0 amide bonds. The molecule has 0 unspecified atom stereocenters. The highest BCUT2D eigenvalue weighted by atomic mass is 15.3. The van der Waals surface area contributed by atoms with Gasteiger partial charge in [0.1, 0.15) is 0 Å². The monoisotopic (exact) mass is 279 g/mol. The highest BCUT2D eigenvalue weighted by molar-refractivity contribution is 5.80. The Bertz CT molecular complexity index is 756. The van der Waals surface area contributed by atoms with Crippen LogP contribution in [0.15, 0.2) is 48.7 Å². The highest BCUT2D eigenvalue weighted by Crippen LogP contribution is 2.22. The summed E-state index contributed by atoms with van der Waals surface area (Å²) in [5.41, 5.74) is 4.84. The van der Waals surface area contributed by atoms with Crippen LogP contribution in [0, 0.1) is 6.92 Å². The lowest BCUT2D eigenvalue weighted by molar-refractivity contribution is 0.586. The van der Waals surface area contributed by atoms with Crippen LogP contribution < -0.4 is 5.32 Å². The van der Waals surface area contributed by atoms with Crippen molar-refractivity contribution in [1.82, 2.24) is 15.1 Å². The van der Waals surface area contributed by atoms with Gasteiger partial charge < -0.3 is 5.32 Å². The predicted molar refractivity (Wildman–Crippen MR) is 87.8 cm³/mol. The van der Waals surface area contributed by atoms with Gasteiger partial charge in [-0.05, 0) is 24.6 Å². The minimum Gasteiger partial charge on any atom is -0.310 e. The van der Waals surface area contributed by atoms with Gasteiger partial charge in [-0.3, -0.25) is 0 Å². The molecular weight excluding hydrogens is 258 g/mol. The van der Waals surface area contributed by atoms with E-state index in [0.29, 0.717) is 6.04 Å². The van der Waals surface area contributed by atoms with Crippen LogP contribution in [0.2, 0.25) is 0 Å². The van der Waals surface area contributed by atoms with E-state index >= 15 is 0 Å². The van der Waals surface area contributed by atoms with Crippen molar-refractivity contribution < 1.29 is 0 Å². The number of aryl methyl sites for hydroxylation is 1. The van der Waals surface area contributed by atoms with Crippen molar-refractivity contribution in [2.45, 2.75) is 33.4 Å². The van der Waals surface area contributed by atoms with E-state index in [1.807, 2.05) is 16.9 Å². The molecule has 0 atom stereocenters. The molecule has 2 aromatic carbocycles. The van der Waals surface area contributed by atoms with E-state index < -0.39 is 0 Å². The molecular formula is C18H21N3. The molecule has 3 aromatic rings. The van der Waals surface area contributed by atoms with Gasteiger partial charge in [0.05, 0.1) is 17.4 Å². The average molecular weight is 279 g/mol. The molecule has 1 aromatic heterocycles. The van der Waals surface area contributed by atoms with Crippen molar-refractivity contribution in [2.24, 2.45) is 0 Å². The van der Waals surface area contributed by atoms with Crippen molar-refractivity contribution in [3.63, 3.8) is 0 Å².